The van der Waals surface area contributed by atoms with Crippen molar-refractivity contribution in [2.45, 2.75) is 0 Å². The van der Waals surface area contributed by atoms with E-state index in [9.17, 15) is 0 Å². The number of rotatable bonds is 4. The summed E-state index contributed by atoms with van der Waals surface area (Å²) in [5, 5.41) is 0. The van der Waals surface area contributed by atoms with Gasteiger partial charge < -0.3 is 0 Å². The SMILES string of the molecule is C=CCN[S][Mo](=[S])(=[S])[SH]. The van der Waals surface area contributed by atoms with E-state index in [0.29, 0.717) is 0 Å². The zero-order valence-corrected chi connectivity index (χ0v) is 9.92. The Morgan fingerprint density at radius 1 is 1.78 bits per heavy atom. The standard InChI is InChI=1S/C3H6NS.Mo.H2S.2S/c1-2-3-4-5;;;;/h2,4H,1,3H2;;1H2;;/q-1;+2;;;/p-1. The Bertz CT molecular complexity index is 172. The molecule has 0 amide bonds. The van der Waals surface area contributed by atoms with Gasteiger partial charge in [-0.25, -0.2) is 0 Å². The quantitative estimate of drug-likeness (QED) is 0.270. The van der Waals surface area contributed by atoms with E-state index in [4.69, 9.17) is 19.6 Å². The molecule has 0 aromatic heterocycles. The van der Waals surface area contributed by atoms with Gasteiger partial charge in [0.15, 0.2) is 0 Å². The van der Waals surface area contributed by atoms with E-state index in [2.05, 4.69) is 21.6 Å². The average Bonchev–Trinajstić information content (AvgIpc) is 1.63. The zero-order chi connectivity index (χ0) is 7.33. The van der Waals surface area contributed by atoms with Gasteiger partial charge >= 0.3 is 73.4 Å². The molecule has 0 spiro atoms. The fourth-order valence-electron chi connectivity index (χ4n) is 0.167. The first kappa shape index (κ1) is 10.5. The van der Waals surface area contributed by atoms with Crippen LogP contribution in [0.2, 0.25) is 0 Å². The fourth-order valence-corrected chi connectivity index (χ4v) is 4.75. The zero-order valence-electron chi connectivity index (χ0n) is 4.57. The molecule has 0 aromatic rings. The van der Waals surface area contributed by atoms with E-state index in [1.165, 1.54) is 9.65 Å². The molecule has 0 unspecified atom stereocenters. The second-order valence-corrected chi connectivity index (χ2v) is 25.2. The van der Waals surface area contributed by atoms with E-state index < -0.39 is 9.86 Å². The maximum atomic E-state index is 4.93. The topological polar surface area (TPSA) is 12.0 Å². The molecule has 6 heteroatoms. The maximum absolute atomic E-state index is 4.93. The summed E-state index contributed by atoms with van der Waals surface area (Å²) in [6.45, 7) is 4.27. The van der Waals surface area contributed by atoms with Crippen LogP contribution in [0.4, 0.5) is 0 Å². The van der Waals surface area contributed by atoms with Crippen LogP contribution in [-0.4, -0.2) is 6.54 Å². The molecule has 0 saturated heterocycles. The van der Waals surface area contributed by atoms with Crippen LogP contribution >= 0.6 is 39.6 Å². The van der Waals surface area contributed by atoms with Crippen molar-refractivity contribution < 1.29 is 9.86 Å². The Morgan fingerprint density at radius 2 is 2.33 bits per heavy atom. The minimum absolute atomic E-state index is 0.742. The van der Waals surface area contributed by atoms with Crippen LogP contribution in [0.15, 0.2) is 12.7 Å². The van der Waals surface area contributed by atoms with Crippen molar-refractivity contribution in [3.63, 3.8) is 0 Å². The van der Waals surface area contributed by atoms with Crippen LogP contribution in [0.5, 0.6) is 0 Å². The van der Waals surface area contributed by atoms with Crippen molar-refractivity contribution in [2.24, 2.45) is 0 Å². The van der Waals surface area contributed by atoms with Crippen LogP contribution in [0.25, 0.3) is 0 Å². The molecular formula is C3H7MoNS4. The summed E-state index contributed by atoms with van der Waals surface area (Å²) >= 11 is 0. The van der Waals surface area contributed by atoms with Crippen molar-refractivity contribution in [1.82, 2.24) is 4.72 Å². The molecule has 0 aliphatic heterocycles. The molecule has 0 rings (SSSR count). The van der Waals surface area contributed by atoms with Crippen LogP contribution in [0.1, 0.15) is 0 Å². The van der Waals surface area contributed by atoms with Gasteiger partial charge in [-0.3, -0.25) is 0 Å². The Morgan fingerprint density at radius 3 is 2.67 bits per heavy atom. The predicted molar refractivity (Wildman–Crippen MR) is 50.0 cm³/mol. The molecule has 0 atom stereocenters. The molecule has 0 aliphatic rings. The summed E-state index contributed by atoms with van der Waals surface area (Å²) in [7, 11) is 12.9. The molecule has 0 aromatic carbocycles. The van der Waals surface area contributed by atoms with Gasteiger partial charge in [-0.15, -0.1) is 0 Å². The summed E-state index contributed by atoms with van der Waals surface area (Å²) in [5.74, 6) is 0. The summed E-state index contributed by atoms with van der Waals surface area (Å²) in [6, 6.07) is 0. The normalized spacial score (nSPS) is 11.2. The van der Waals surface area contributed by atoms with E-state index in [0.717, 1.165) is 6.54 Å². The van der Waals surface area contributed by atoms with E-state index in [1.807, 2.05) is 0 Å². The van der Waals surface area contributed by atoms with Gasteiger partial charge in [0.1, 0.15) is 0 Å². The third kappa shape index (κ3) is 9.53. The third-order valence-electron chi connectivity index (χ3n) is 0.392. The Kier molecular flexibility index (Phi) is 6.10. The van der Waals surface area contributed by atoms with Crippen molar-refractivity contribution in [1.29, 1.82) is 0 Å². The second-order valence-electron chi connectivity index (χ2n) is 1.15. The third-order valence-corrected chi connectivity index (χ3v) is 7.05. The van der Waals surface area contributed by atoms with E-state index in [1.54, 1.807) is 6.08 Å². The number of thiol groups is 1. The predicted octanol–water partition coefficient (Wildman–Crippen LogP) is 2.55. The summed E-state index contributed by atoms with van der Waals surface area (Å²) in [6.07, 6.45) is 1.76. The summed E-state index contributed by atoms with van der Waals surface area (Å²) in [4.78, 5) is 0. The van der Waals surface area contributed by atoms with Crippen LogP contribution in [-0.2, 0) is 9.86 Å². The van der Waals surface area contributed by atoms with Crippen LogP contribution < -0.4 is 4.72 Å². The van der Waals surface area contributed by atoms with Crippen molar-refractivity contribution >= 4 is 39.6 Å². The van der Waals surface area contributed by atoms with Crippen molar-refractivity contribution in [3.05, 3.63) is 12.7 Å². The van der Waals surface area contributed by atoms with Gasteiger partial charge in [0.05, 0.1) is 0 Å². The van der Waals surface area contributed by atoms with E-state index in [-0.39, 0.29) is 0 Å². The molecule has 0 heterocycles. The van der Waals surface area contributed by atoms with Gasteiger partial charge in [-0.2, -0.15) is 0 Å². The Labute approximate surface area is 72.7 Å². The molecule has 0 aliphatic carbocycles. The number of nitrogens with one attached hydrogen (secondary N) is 1. The van der Waals surface area contributed by atoms with E-state index >= 15 is 0 Å². The molecule has 9 heavy (non-hydrogen) atoms. The van der Waals surface area contributed by atoms with Crippen LogP contribution in [0, 0.1) is 0 Å². The minimum atomic E-state index is -2.53. The number of hydrogen-bond donors (Lipinski definition) is 2. The molecule has 0 fully saturated rings. The first-order valence-electron chi connectivity index (χ1n) is 2.06. The first-order chi connectivity index (χ1) is 4.06. The van der Waals surface area contributed by atoms with Crippen LogP contribution in [0.3, 0.4) is 0 Å². The fraction of sp³-hybridized carbons (Fsp3) is 0.333. The van der Waals surface area contributed by atoms with Gasteiger partial charge in [-0.05, 0) is 0 Å². The average molecular weight is 281 g/mol. The summed E-state index contributed by atoms with van der Waals surface area (Å²) in [5.41, 5.74) is 0. The Hall–Kier alpha value is 1.53. The van der Waals surface area contributed by atoms with Crippen molar-refractivity contribution in [3.8, 4) is 0 Å². The van der Waals surface area contributed by atoms with Gasteiger partial charge in [-0.1, -0.05) is 0 Å². The Balaban J connectivity index is 3.40. The first-order valence-corrected chi connectivity index (χ1v) is 13.9. The monoisotopic (exact) mass is 283 g/mol. The molecule has 0 bridgehead atoms. The molecule has 1 N–H and O–H groups in total. The summed E-state index contributed by atoms with van der Waals surface area (Å²) < 4.78 is 2.97. The molecule has 0 radical (unpaired) electrons. The second kappa shape index (κ2) is 5.21. The van der Waals surface area contributed by atoms with Gasteiger partial charge in [0.2, 0.25) is 0 Å². The van der Waals surface area contributed by atoms with Gasteiger partial charge in [0, 0.05) is 0 Å². The molecule has 0 saturated carbocycles. The molecular weight excluding hydrogens is 274 g/mol. The van der Waals surface area contributed by atoms with Gasteiger partial charge in [0.25, 0.3) is 0 Å². The van der Waals surface area contributed by atoms with Crippen molar-refractivity contribution in [2.75, 3.05) is 6.54 Å². The number of hydrogen-bond acceptors (Lipinski definition) is 4. The molecule has 54 valence electrons. The molecule has 1 nitrogen and oxygen atoms in total.